The fourth-order valence-corrected chi connectivity index (χ4v) is 4.17. The van der Waals surface area contributed by atoms with E-state index in [2.05, 4.69) is 15.3 Å². The summed E-state index contributed by atoms with van der Waals surface area (Å²) < 4.78 is 31.7. The quantitative estimate of drug-likeness (QED) is 0.299. The molecule has 5 rings (SSSR count). The molecule has 13 heteroatoms. The van der Waals surface area contributed by atoms with Crippen LogP contribution in [-0.2, 0) is 17.1 Å². The average Bonchev–Trinajstić information content (AvgIpc) is 3.41. The summed E-state index contributed by atoms with van der Waals surface area (Å²) in [6.07, 6.45) is -5.08. The molecule has 3 amide bonds. The molecule has 0 bridgehead atoms. The highest BCUT2D eigenvalue weighted by Gasteiger charge is 2.49. The first-order chi connectivity index (χ1) is 18.8. The van der Waals surface area contributed by atoms with E-state index in [1.807, 2.05) is 36.4 Å². The van der Waals surface area contributed by atoms with Gasteiger partial charge in [0, 0.05) is 37.3 Å². The maximum absolute atomic E-state index is 13.3. The second-order valence-corrected chi connectivity index (χ2v) is 9.04. The Morgan fingerprint density at radius 2 is 1.68 bits per heavy atom. The first-order valence-electron chi connectivity index (χ1n) is 11.8. The van der Waals surface area contributed by atoms with Crippen LogP contribution in [-0.4, -0.2) is 68.2 Å². The van der Waals surface area contributed by atoms with Crippen LogP contribution in [0.25, 0.3) is 11.0 Å². The summed E-state index contributed by atoms with van der Waals surface area (Å²) in [6, 6.07) is 21.7. The van der Waals surface area contributed by atoms with Crippen LogP contribution in [0.3, 0.4) is 0 Å². The van der Waals surface area contributed by atoms with Crippen molar-refractivity contribution in [3.05, 3.63) is 95.1 Å². The van der Waals surface area contributed by atoms with Crippen LogP contribution < -0.4 is 5.32 Å². The van der Waals surface area contributed by atoms with Gasteiger partial charge in [0.2, 0.25) is 5.95 Å². The molecule has 10 nitrogen and oxygen atoms in total. The van der Waals surface area contributed by atoms with Crippen molar-refractivity contribution in [3.8, 4) is 0 Å². The predicted octanol–water partition coefficient (Wildman–Crippen LogP) is 4.14. The highest BCUT2D eigenvalue weighted by Crippen LogP contribution is 2.43. The van der Waals surface area contributed by atoms with Crippen molar-refractivity contribution in [1.29, 1.82) is 0 Å². The number of amides is 3. The zero-order chi connectivity index (χ0) is 29.2. The second-order valence-electron chi connectivity index (χ2n) is 9.04. The maximum Gasteiger partial charge on any atom is 0.490 e. The number of carboxylic acids is 1. The molecule has 1 aliphatic heterocycles. The number of rotatable bonds is 4. The van der Waals surface area contributed by atoms with Crippen molar-refractivity contribution in [3.63, 3.8) is 0 Å². The maximum atomic E-state index is 13.3. The summed E-state index contributed by atoms with van der Waals surface area (Å²) in [5.41, 5.74) is 2.02. The monoisotopic (exact) mass is 555 g/mol. The Balaban J connectivity index is 0.000000470. The van der Waals surface area contributed by atoms with Gasteiger partial charge in [-0.15, -0.1) is 0 Å². The smallest absolute Gasteiger partial charge is 0.475 e. The summed E-state index contributed by atoms with van der Waals surface area (Å²) in [5.74, 6) is -2.69. The molecule has 40 heavy (non-hydrogen) atoms. The predicted molar refractivity (Wildman–Crippen MR) is 138 cm³/mol. The first kappa shape index (κ1) is 28.1. The summed E-state index contributed by atoms with van der Waals surface area (Å²) in [4.78, 5) is 44.6. The largest absolute Gasteiger partial charge is 0.490 e. The van der Waals surface area contributed by atoms with Gasteiger partial charge in [-0.2, -0.15) is 13.2 Å². The van der Waals surface area contributed by atoms with E-state index in [9.17, 15) is 27.9 Å². The molecule has 1 aromatic heterocycles. The van der Waals surface area contributed by atoms with E-state index >= 15 is 0 Å². The summed E-state index contributed by atoms with van der Waals surface area (Å²) in [5, 5.41) is 21.9. The number of anilines is 1. The Hall–Kier alpha value is -4.91. The number of aromatic amines is 1. The number of H-pyrrole nitrogens is 1. The van der Waals surface area contributed by atoms with E-state index in [0.29, 0.717) is 33.7 Å². The minimum Gasteiger partial charge on any atom is -0.475 e. The SMILES string of the molecule is CN(C)C(=O)Nc1nc2cc(C3(O)c4ccccc4C(=O)N3Cc3ccccc3)ccc2[nH]1.O=C(O)C(F)(F)F. The van der Waals surface area contributed by atoms with E-state index in [4.69, 9.17) is 9.90 Å². The minimum atomic E-state index is -5.08. The van der Waals surface area contributed by atoms with Crippen LogP contribution in [0.1, 0.15) is 27.0 Å². The van der Waals surface area contributed by atoms with Gasteiger partial charge >= 0.3 is 18.2 Å². The number of halogens is 3. The molecule has 1 atom stereocenters. The molecule has 1 aliphatic rings. The van der Waals surface area contributed by atoms with E-state index < -0.39 is 17.9 Å². The molecule has 0 fully saturated rings. The Morgan fingerprint density at radius 1 is 1.05 bits per heavy atom. The fourth-order valence-electron chi connectivity index (χ4n) is 4.17. The molecule has 4 aromatic rings. The Kier molecular flexibility index (Phi) is 7.51. The van der Waals surface area contributed by atoms with E-state index in [0.717, 1.165) is 5.56 Å². The van der Waals surface area contributed by atoms with Gasteiger partial charge in [0.15, 0.2) is 5.72 Å². The van der Waals surface area contributed by atoms with Crippen LogP contribution in [0.5, 0.6) is 0 Å². The lowest BCUT2D eigenvalue weighted by Gasteiger charge is -2.35. The van der Waals surface area contributed by atoms with E-state index in [1.54, 1.807) is 50.5 Å². The van der Waals surface area contributed by atoms with Crippen LogP contribution in [0.2, 0.25) is 0 Å². The van der Waals surface area contributed by atoms with Gasteiger partial charge in [-0.05, 0) is 23.8 Å². The molecule has 208 valence electrons. The molecule has 0 radical (unpaired) electrons. The fraction of sp³-hybridized carbons (Fsp3) is 0.185. The molecule has 3 aromatic carbocycles. The van der Waals surface area contributed by atoms with Gasteiger partial charge in [0.25, 0.3) is 5.91 Å². The third kappa shape index (κ3) is 5.45. The number of imidazole rings is 1. The zero-order valence-corrected chi connectivity index (χ0v) is 21.2. The highest BCUT2D eigenvalue weighted by atomic mass is 19.4. The summed E-state index contributed by atoms with van der Waals surface area (Å²) in [7, 11) is 3.28. The van der Waals surface area contributed by atoms with Gasteiger partial charge in [0.1, 0.15) is 0 Å². The number of aromatic nitrogens is 2. The van der Waals surface area contributed by atoms with Crippen LogP contribution in [0.15, 0.2) is 72.8 Å². The number of urea groups is 1. The number of aliphatic hydroxyl groups is 1. The number of hydrogen-bond donors (Lipinski definition) is 4. The molecule has 2 heterocycles. The lowest BCUT2D eigenvalue weighted by molar-refractivity contribution is -0.192. The molecular weight excluding hydrogens is 531 g/mol. The molecular formula is C27H24F3N5O5. The van der Waals surface area contributed by atoms with E-state index in [-0.39, 0.29) is 18.5 Å². The summed E-state index contributed by atoms with van der Waals surface area (Å²) >= 11 is 0. The highest BCUT2D eigenvalue weighted by molar-refractivity contribution is 6.00. The van der Waals surface area contributed by atoms with Crippen molar-refractivity contribution in [2.75, 3.05) is 19.4 Å². The number of fused-ring (bicyclic) bond motifs is 2. The number of hydrogen-bond acceptors (Lipinski definition) is 5. The lowest BCUT2D eigenvalue weighted by Crippen LogP contribution is -2.44. The number of alkyl halides is 3. The number of nitrogens with one attached hydrogen (secondary N) is 2. The molecule has 1 unspecified atom stereocenters. The average molecular weight is 556 g/mol. The lowest BCUT2D eigenvalue weighted by atomic mass is 9.93. The van der Waals surface area contributed by atoms with Crippen molar-refractivity contribution in [2.45, 2.75) is 18.4 Å². The van der Waals surface area contributed by atoms with Crippen molar-refractivity contribution >= 4 is 34.9 Å². The van der Waals surface area contributed by atoms with Crippen molar-refractivity contribution in [1.82, 2.24) is 19.8 Å². The zero-order valence-electron chi connectivity index (χ0n) is 21.2. The Bertz CT molecular complexity index is 1570. The van der Waals surface area contributed by atoms with Gasteiger partial charge in [-0.25, -0.2) is 14.6 Å². The number of carboxylic acid groups (broad SMARTS) is 1. The van der Waals surface area contributed by atoms with Crippen molar-refractivity contribution < 1.29 is 37.8 Å². The number of carbonyl (C=O) groups is 3. The molecule has 0 spiro atoms. The second kappa shape index (κ2) is 10.7. The number of aliphatic carboxylic acids is 1. The molecule has 0 saturated carbocycles. The summed E-state index contributed by atoms with van der Waals surface area (Å²) in [6.45, 7) is 0.244. The Labute approximate surface area is 225 Å². The number of carbonyl (C=O) groups excluding carboxylic acids is 2. The van der Waals surface area contributed by atoms with Crippen LogP contribution in [0.4, 0.5) is 23.9 Å². The standard InChI is InChI=1S/C25H23N5O3.C2HF3O2/c1-29(2)24(32)28-23-26-20-13-12-17(14-21(20)27-23)25(33)19-11-7-6-10-18(19)22(31)30(25)15-16-8-4-3-5-9-16;3-2(4,5)1(6)7/h3-14,33H,15H2,1-2H3,(H2,26,27,28,32);(H,6,7). The first-order valence-corrected chi connectivity index (χ1v) is 11.8. The van der Waals surface area contributed by atoms with Crippen LogP contribution >= 0.6 is 0 Å². The minimum absolute atomic E-state index is 0.238. The van der Waals surface area contributed by atoms with Crippen molar-refractivity contribution in [2.24, 2.45) is 0 Å². The molecule has 0 saturated heterocycles. The third-order valence-corrected chi connectivity index (χ3v) is 6.11. The van der Waals surface area contributed by atoms with Crippen LogP contribution in [0, 0.1) is 0 Å². The third-order valence-electron chi connectivity index (χ3n) is 6.11. The number of benzene rings is 3. The topological polar surface area (TPSA) is 139 Å². The van der Waals surface area contributed by atoms with Gasteiger partial charge in [-0.1, -0.05) is 54.6 Å². The molecule has 4 N–H and O–H groups in total. The normalized spacial score (nSPS) is 16.2. The van der Waals surface area contributed by atoms with E-state index in [1.165, 1.54) is 9.80 Å². The molecule has 0 aliphatic carbocycles. The number of nitrogens with zero attached hydrogens (tertiary/aromatic N) is 3. The van der Waals surface area contributed by atoms with Gasteiger partial charge in [0.05, 0.1) is 11.0 Å². The van der Waals surface area contributed by atoms with Gasteiger partial charge in [-0.3, -0.25) is 15.0 Å². The van der Waals surface area contributed by atoms with Gasteiger partial charge < -0.3 is 20.1 Å². The Morgan fingerprint density at radius 3 is 2.30 bits per heavy atom.